The molecule has 1 aromatic carbocycles. The number of benzene rings is 1. The Morgan fingerprint density at radius 2 is 2.00 bits per heavy atom. The molecule has 0 aromatic heterocycles. The normalized spacial score (nSPS) is 14.5. The number of rotatable bonds is 4. The Labute approximate surface area is 128 Å². The fraction of sp³-hybridized carbons (Fsp3) is 0.375. The van der Waals surface area contributed by atoms with Gasteiger partial charge in [0.1, 0.15) is 0 Å². The minimum absolute atomic E-state index is 0.0588. The smallest absolute Gasteiger partial charge is 0.326 e. The lowest BCUT2D eigenvalue weighted by atomic mass is 10.0. The van der Waals surface area contributed by atoms with Crippen LogP contribution in [0.25, 0.3) is 0 Å². The standard InChI is InChI=1S/C16H17NO5/c1-4-22-16(21)13(10(3)18)15(20)17-8-11-6-5-9(2)7-12(11)14(17)19/h5-7,13H,4,8H2,1-3H3. The Morgan fingerprint density at radius 1 is 1.32 bits per heavy atom. The van der Waals surface area contributed by atoms with Gasteiger partial charge in [0.15, 0.2) is 11.7 Å². The molecule has 2 rings (SSSR count). The summed E-state index contributed by atoms with van der Waals surface area (Å²) < 4.78 is 4.76. The molecule has 1 heterocycles. The summed E-state index contributed by atoms with van der Waals surface area (Å²) in [5.41, 5.74) is 2.03. The fourth-order valence-corrected chi connectivity index (χ4v) is 2.41. The van der Waals surface area contributed by atoms with Crippen molar-refractivity contribution in [3.05, 3.63) is 34.9 Å². The molecule has 0 bridgehead atoms. The summed E-state index contributed by atoms with van der Waals surface area (Å²) in [5.74, 6) is -4.45. The van der Waals surface area contributed by atoms with Crippen molar-refractivity contribution in [2.75, 3.05) is 6.61 Å². The highest BCUT2D eigenvalue weighted by molar-refractivity contribution is 6.21. The molecule has 0 spiro atoms. The van der Waals surface area contributed by atoms with E-state index in [0.717, 1.165) is 17.4 Å². The highest BCUT2D eigenvalue weighted by Gasteiger charge is 2.41. The van der Waals surface area contributed by atoms with Crippen LogP contribution >= 0.6 is 0 Å². The van der Waals surface area contributed by atoms with E-state index in [9.17, 15) is 19.2 Å². The SMILES string of the molecule is CCOC(=O)C(C(C)=O)C(=O)N1Cc2ccc(C)cc2C1=O. The number of hydrogen-bond donors (Lipinski definition) is 0. The van der Waals surface area contributed by atoms with Crippen molar-refractivity contribution in [2.45, 2.75) is 27.3 Å². The van der Waals surface area contributed by atoms with Gasteiger partial charge in [0.2, 0.25) is 0 Å². The van der Waals surface area contributed by atoms with Gasteiger partial charge in [-0.2, -0.15) is 0 Å². The van der Waals surface area contributed by atoms with Crippen LogP contribution in [-0.4, -0.2) is 35.1 Å². The second-order valence-corrected chi connectivity index (χ2v) is 5.19. The average Bonchev–Trinajstić information content (AvgIpc) is 2.76. The van der Waals surface area contributed by atoms with E-state index in [1.54, 1.807) is 19.1 Å². The molecule has 0 aliphatic carbocycles. The van der Waals surface area contributed by atoms with Crippen LogP contribution in [-0.2, 0) is 25.7 Å². The molecule has 0 fully saturated rings. The molecule has 6 heteroatoms. The number of ketones is 1. The highest BCUT2D eigenvalue weighted by Crippen LogP contribution is 2.25. The molecule has 0 N–H and O–H groups in total. The second kappa shape index (κ2) is 6.09. The summed E-state index contributed by atoms with van der Waals surface area (Å²) in [7, 11) is 0. The van der Waals surface area contributed by atoms with Crippen molar-refractivity contribution in [1.29, 1.82) is 0 Å². The molecule has 1 aromatic rings. The molecule has 1 atom stereocenters. The third-order valence-electron chi connectivity index (χ3n) is 3.51. The molecule has 1 aliphatic heterocycles. The molecule has 2 amide bonds. The first-order valence-electron chi connectivity index (χ1n) is 6.99. The van der Waals surface area contributed by atoms with Gasteiger partial charge in [-0.3, -0.25) is 24.1 Å². The third-order valence-corrected chi connectivity index (χ3v) is 3.51. The predicted octanol–water partition coefficient (Wildman–Crippen LogP) is 1.25. The number of carbonyl (C=O) groups excluding carboxylic acids is 4. The monoisotopic (exact) mass is 303 g/mol. The molecule has 22 heavy (non-hydrogen) atoms. The van der Waals surface area contributed by atoms with Gasteiger partial charge < -0.3 is 4.74 Å². The topological polar surface area (TPSA) is 80.8 Å². The van der Waals surface area contributed by atoms with E-state index in [0.29, 0.717) is 11.1 Å². The lowest BCUT2D eigenvalue weighted by molar-refractivity contribution is -0.157. The number of esters is 1. The Hall–Kier alpha value is -2.50. The van der Waals surface area contributed by atoms with E-state index < -0.39 is 29.5 Å². The van der Waals surface area contributed by atoms with Gasteiger partial charge >= 0.3 is 5.97 Å². The zero-order valence-corrected chi connectivity index (χ0v) is 12.7. The van der Waals surface area contributed by atoms with Gasteiger partial charge in [-0.15, -0.1) is 0 Å². The first-order chi connectivity index (χ1) is 10.4. The van der Waals surface area contributed by atoms with Crippen molar-refractivity contribution in [3.63, 3.8) is 0 Å². The summed E-state index contributed by atoms with van der Waals surface area (Å²) in [6.45, 7) is 4.69. The fourth-order valence-electron chi connectivity index (χ4n) is 2.41. The van der Waals surface area contributed by atoms with Crippen molar-refractivity contribution >= 4 is 23.6 Å². The van der Waals surface area contributed by atoms with Crippen LogP contribution < -0.4 is 0 Å². The molecule has 0 saturated carbocycles. The summed E-state index contributed by atoms with van der Waals surface area (Å²) in [6.07, 6.45) is 0. The van der Waals surface area contributed by atoms with Crippen LogP contribution in [0.5, 0.6) is 0 Å². The predicted molar refractivity (Wildman–Crippen MR) is 76.9 cm³/mol. The Bertz CT molecular complexity index is 665. The van der Waals surface area contributed by atoms with Crippen LogP contribution in [0.4, 0.5) is 0 Å². The molecular weight excluding hydrogens is 286 g/mol. The quantitative estimate of drug-likeness (QED) is 0.617. The highest BCUT2D eigenvalue weighted by atomic mass is 16.5. The van der Waals surface area contributed by atoms with Gasteiger partial charge in [-0.05, 0) is 32.4 Å². The van der Waals surface area contributed by atoms with Crippen molar-refractivity contribution in [1.82, 2.24) is 4.90 Å². The molecule has 1 unspecified atom stereocenters. The van der Waals surface area contributed by atoms with E-state index >= 15 is 0 Å². The van der Waals surface area contributed by atoms with Crippen LogP contribution in [0.15, 0.2) is 18.2 Å². The number of ether oxygens (including phenoxy) is 1. The maximum atomic E-state index is 12.5. The van der Waals surface area contributed by atoms with Gasteiger partial charge in [0.25, 0.3) is 11.8 Å². The van der Waals surface area contributed by atoms with E-state index in [1.807, 2.05) is 13.0 Å². The van der Waals surface area contributed by atoms with Gasteiger partial charge in [0.05, 0.1) is 13.2 Å². The summed E-state index contributed by atoms with van der Waals surface area (Å²) in [6, 6.07) is 5.30. The Kier molecular flexibility index (Phi) is 4.40. The maximum absolute atomic E-state index is 12.5. The summed E-state index contributed by atoms with van der Waals surface area (Å²) in [5, 5.41) is 0. The Balaban J connectivity index is 2.28. The molecule has 0 radical (unpaired) electrons. The summed E-state index contributed by atoms with van der Waals surface area (Å²) in [4.78, 5) is 49.2. The first-order valence-corrected chi connectivity index (χ1v) is 6.99. The van der Waals surface area contributed by atoms with Crippen molar-refractivity contribution in [3.8, 4) is 0 Å². The van der Waals surface area contributed by atoms with Gasteiger partial charge in [0, 0.05) is 5.56 Å². The zero-order chi connectivity index (χ0) is 16.4. The molecule has 6 nitrogen and oxygen atoms in total. The lowest BCUT2D eigenvalue weighted by Gasteiger charge is -2.18. The lowest BCUT2D eigenvalue weighted by Crippen LogP contribution is -2.43. The van der Waals surface area contributed by atoms with Crippen molar-refractivity contribution < 1.29 is 23.9 Å². The number of hydrogen-bond acceptors (Lipinski definition) is 5. The number of nitrogens with zero attached hydrogens (tertiary/aromatic N) is 1. The van der Waals surface area contributed by atoms with Crippen molar-refractivity contribution in [2.24, 2.45) is 5.92 Å². The second-order valence-electron chi connectivity index (χ2n) is 5.19. The zero-order valence-electron chi connectivity index (χ0n) is 12.7. The number of imide groups is 1. The molecule has 1 aliphatic rings. The number of carbonyl (C=O) groups is 4. The number of aryl methyl sites for hydroxylation is 1. The van der Waals surface area contributed by atoms with E-state index in [4.69, 9.17) is 4.74 Å². The van der Waals surface area contributed by atoms with Crippen LogP contribution in [0.1, 0.15) is 35.3 Å². The maximum Gasteiger partial charge on any atom is 0.326 e. The first kappa shape index (κ1) is 15.9. The number of Topliss-reactive ketones (excluding diaryl/α,β-unsaturated/α-hetero) is 1. The third kappa shape index (κ3) is 2.77. The number of amides is 2. The van der Waals surface area contributed by atoms with E-state index in [1.165, 1.54) is 0 Å². The minimum atomic E-state index is -1.58. The van der Waals surface area contributed by atoms with Gasteiger partial charge in [-0.25, -0.2) is 0 Å². The van der Waals surface area contributed by atoms with Crippen LogP contribution in [0.3, 0.4) is 0 Å². The average molecular weight is 303 g/mol. The van der Waals surface area contributed by atoms with Gasteiger partial charge in [-0.1, -0.05) is 17.7 Å². The minimum Gasteiger partial charge on any atom is -0.465 e. The molecule has 0 saturated heterocycles. The Morgan fingerprint density at radius 3 is 2.59 bits per heavy atom. The summed E-state index contributed by atoms with van der Waals surface area (Å²) >= 11 is 0. The van der Waals surface area contributed by atoms with Crippen LogP contribution in [0.2, 0.25) is 0 Å². The van der Waals surface area contributed by atoms with E-state index in [-0.39, 0.29) is 13.2 Å². The van der Waals surface area contributed by atoms with Crippen LogP contribution in [0, 0.1) is 12.8 Å². The van der Waals surface area contributed by atoms with E-state index in [2.05, 4.69) is 0 Å². The largest absolute Gasteiger partial charge is 0.465 e. The molecular formula is C16H17NO5. The molecule has 116 valence electrons. The number of fused-ring (bicyclic) bond motifs is 1.